The Morgan fingerprint density at radius 3 is 2.83 bits per heavy atom. The Morgan fingerprint density at radius 2 is 2.07 bits per heavy atom. The lowest BCUT2D eigenvalue weighted by Gasteiger charge is -2.23. The SMILES string of the molecule is COCCC(=O)NC1c2ccccc2CC1NC(=O)c1cc2sc(Cl)c(Cl)c2[nH]1. The summed E-state index contributed by atoms with van der Waals surface area (Å²) in [4.78, 5) is 28.2. The van der Waals surface area contributed by atoms with Gasteiger partial charge in [0, 0.05) is 13.5 Å². The maximum atomic E-state index is 12.9. The summed E-state index contributed by atoms with van der Waals surface area (Å²) in [5, 5.41) is 6.50. The van der Waals surface area contributed by atoms with Gasteiger partial charge in [-0.05, 0) is 23.6 Å². The van der Waals surface area contributed by atoms with Crippen molar-refractivity contribution in [2.75, 3.05) is 13.7 Å². The number of H-pyrrole nitrogens is 1. The van der Waals surface area contributed by atoms with Gasteiger partial charge in [0.25, 0.3) is 5.91 Å². The number of aromatic amines is 1. The van der Waals surface area contributed by atoms with Crippen LogP contribution in [0.1, 0.15) is 34.1 Å². The average molecular weight is 452 g/mol. The first kappa shape index (κ1) is 20.2. The predicted molar refractivity (Wildman–Crippen MR) is 115 cm³/mol. The van der Waals surface area contributed by atoms with Crippen molar-refractivity contribution in [3.8, 4) is 0 Å². The van der Waals surface area contributed by atoms with E-state index in [1.807, 2.05) is 24.3 Å². The van der Waals surface area contributed by atoms with Crippen LogP contribution in [0.4, 0.5) is 0 Å². The second-order valence-corrected chi connectivity index (χ2v) is 8.92. The summed E-state index contributed by atoms with van der Waals surface area (Å²) >= 11 is 13.5. The zero-order valence-electron chi connectivity index (χ0n) is 15.6. The van der Waals surface area contributed by atoms with Gasteiger partial charge in [0.15, 0.2) is 0 Å². The van der Waals surface area contributed by atoms with Crippen LogP contribution >= 0.6 is 34.5 Å². The molecular formula is C20H19Cl2N3O3S. The van der Waals surface area contributed by atoms with Crippen molar-refractivity contribution in [2.24, 2.45) is 0 Å². The molecule has 0 fully saturated rings. The molecule has 29 heavy (non-hydrogen) atoms. The van der Waals surface area contributed by atoms with Crippen LogP contribution in [0, 0.1) is 0 Å². The van der Waals surface area contributed by atoms with Gasteiger partial charge in [0.2, 0.25) is 5.91 Å². The predicted octanol–water partition coefficient (Wildman–Crippen LogP) is 4.08. The summed E-state index contributed by atoms with van der Waals surface area (Å²) in [5.41, 5.74) is 3.19. The topological polar surface area (TPSA) is 83.2 Å². The summed E-state index contributed by atoms with van der Waals surface area (Å²) in [6.07, 6.45) is 0.904. The Hall–Kier alpha value is -2.06. The molecule has 2 atom stereocenters. The molecule has 2 unspecified atom stereocenters. The smallest absolute Gasteiger partial charge is 0.268 e. The fraction of sp³-hybridized carbons (Fsp3) is 0.300. The number of benzene rings is 1. The number of thiophene rings is 1. The molecule has 0 bridgehead atoms. The normalized spacial score (nSPS) is 18.0. The summed E-state index contributed by atoms with van der Waals surface area (Å²) in [6, 6.07) is 9.07. The number of hydrogen-bond donors (Lipinski definition) is 3. The molecule has 6 nitrogen and oxygen atoms in total. The molecule has 1 aliphatic carbocycles. The van der Waals surface area contributed by atoms with E-state index < -0.39 is 0 Å². The number of carbonyl (C=O) groups is 2. The largest absolute Gasteiger partial charge is 0.384 e. The monoisotopic (exact) mass is 451 g/mol. The molecule has 1 aliphatic rings. The molecule has 3 aromatic rings. The molecule has 0 saturated carbocycles. The Bertz CT molecular complexity index is 1080. The van der Waals surface area contributed by atoms with Crippen LogP contribution in [0.5, 0.6) is 0 Å². The van der Waals surface area contributed by atoms with Crippen molar-refractivity contribution < 1.29 is 14.3 Å². The van der Waals surface area contributed by atoms with E-state index in [1.165, 1.54) is 11.3 Å². The highest BCUT2D eigenvalue weighted by Gasteiger charge is 2.34. The van der Waals surface area contributed by atoms with E-state index >= 15 is 0 Å². The molecular weight excluding hydrogens is 433 g/mol. The number of ether oxygens (including phenoxy) is 1. The van der Waals surface area contributed by atoms with Crippen molar-refractivity contribution in [3.63, 3.8) is 0 Å². The first-order valence-electron chi connectivity index (χ1n) is 9.11. The number of fused-ring (bicyclic) bond motifs is 2. The van der Waals surface area contributed by atoms with E-state index in [0.29, 0.717) is 33.6 Å². The summed E-state index contributed by atoms with van der Waals surface area (Å²) in [5.74, 6) is -0.371. The minimum Gasteiger partial charge on any atom is -0.384 e. The van der Waals surface area contributed by atoms with Gasteiger partial charge >= 0.3 is 0 Å². The minimum absolute atomic E-state index is 0.116. The molecule has 0 radical (unpaired) electrons. The molecule has 3 N–H and O–H groups in total. The van der Waals surface area contributed by atoms with Gasteiger partial charge in [-0.3, -0.25) is 9.59 Å². The third kappa shape index (κ3) is 4.00. The van der Waals surface area contributed by atoms with Crippen LogP contribution < -0.4 is 10.6 Å². The Balaban J connectivity index is 1.53. The van der Waals surface area contributed by atoms with Crippen molar-refractivity contribution in [1.82, 2.24) is 15.6 Å². The summed E-state index contributed by atoms with van der Waals surface area (Å²) in [7, 11) is 1.56. The van der Waals surface area contributed by atoms with Gasteiger partial charge in [-0.15, -0.1) is 11.3 Å². The standard InChI is InChI=1S/C20H19Cl2N3O3S/c1-28-7-6-15(26)25-17-11-5-3-2-4-10(11)8-12(17)24-20(27)13-9-14-18(23-13)16(21)19(22)29-14/h2-5,9,12,17,23H,6-8H2,1H3,(H,24,27)(H,25,26). The van der Waals surface area contributed by atoms with Crippen LogP contribution in [-0.2, 0) is 16.0 Å². The van der Waals surface area contributed by atoms with Gasteiger partial charge < -0.3 is 20.4 Å². The van der Waals surface area contributed by atoms with Crippen molar-refractivity contribution in [3.05, 3.63) is 56.5 Å². The number of amides is 2. The second kappa shape index (κ2) is 8.36. The molecule has 9 heteroatoms. The Morgan fingerprint density at radius 1 is 1.28 bits per heavy atom. The summed E-state index contributed by atoms with van der Waals surface area (Å²) in [6.45, 7) is 0.347. The Kier molecular flexibility index (Phi) is 5.83. The van der Waals surface area contributed by atoms with E-state index in [-0.39, 0.29) is 30.3 Å². The molecule has 2 amide bonds. The molecule has 4 rings (SSSR count). The number of aromatic nitrogens is 1. The van der Waals surface area contributed by atoms with E-state index in [2.05, 4.69) is 15.6 Å². The fourth-order valence-corrected chi connectivity index (χ4v) is 5.12. The van der Waals surface area contributed by atoms with Crippen LogP contribution in [0.15, 0.2) is 30.3 Å². The van der Waals surface area contributed by atoms with E-state index in [4.69, 9.17) is 27.9 Å². The van der Waals surface area contributed by atoms with Gasteiger partial charge in [0.05, 0.1) is 33.9 Å². The quantitative estimate of drug-likeness (QED) is 0.527. The van der Waals surface area contributed by atoms with Crippen molar-refractivity contribution >= 4 is 56.6 Å². The lowest BCUT2D eigenvalue weighted by molar-refractivity contribution is -0.122. The Labute approximate surface area is 181 Å². The number of methoxy groups -OCH3 is 1. The van der Waals surface area contributed by atoms with Crippen LogP contribution in [0.3, 0.4) is 0 Å². The van der Waals surface area contributed by atoms with Gasteiger partial charge in [0.1, 0.15) is 10.0 Å². The molecule has 1 aromatic carbocycles. The average Bonchev–Trinajstić information content (AvgIpc) is 3.34. The maximum Gasteiger partial charge on any atom is 0.268 e. The lowest BCUT2D eigenvalue weighted by atomic mass is 10.1. The van der Waals surface area contributed by atoms with E-state index in [0.717, 1.165) is 15.8 Å². The first-order chi connectivity index (χ1) is 14.0. The van der Waals surface area contributed by atoms with Crippen molar-refractivity contribution in [2.45, 2.75) is 24.9 Å². The molecule has 152 valence electrons. The maximum absolute atomic E-state index is 12.9. The van der Waals surface area contributed by atoms with Gasteiger partial charge in [-0.1, -0.05) is 47.5 Å². The third-order valence-electron chi connectivity index (χ3n) is 5.02. The third-order valence-corrected chi connectivity index (χ3v) is 6.95. The molecule has 0 spiro atoms. The minimum atomic E-state index is -0.298. The zero-order valence-corrected chi connectivity index (χ0v) is 17.9. The number of halogens is 2. The molecule has 2 heterocycles. The molecule has 2 aromatic heterocycles. The van der Waals surface area contributed by atoms with Gasteiger partial charge in [-0.25, -0.2) is 0 Å². The fourth-order valence-electron chi connectivity index (χ4n) is 3.64. The van der Waals surface area contributed by atoms with Crippen molar-refractivity contribution in [1.29, 1.82) is 0 Å². The number of rotatable bonds is 6. The lowest BCUT2D eigenvalue weighted by Crippen LogP contribution is -2.44. The van der Waals surface area contributed by atoms with Gasteiger partial charge in [-0.2, -0.15) is 0 Å². The highest BCUT2D eigenvalue weighted by molar-refractivity contribution is 7.23. The highest BCUT2D eigenvalue weighted by Crippen LogP contribution is 2.39. The van der Waals surface area contributed by atoms with E-state index in [1.54, 1.807) is 13.2 Å². The zero-order chi connectivity index (χ0) is 20.5. The number of hydrogen-bond acceptors (Lipinski definition) is 4. The second-order valence-electron chi connectivity index (χ2n) is 6.88. The first-order valence-corrected chi connectivity index (χ1v) is 10.7. The number of nitrogens with one attached hydrogen (secondary N) is 3. The summed E-state index contributed by atoms with van der Waals surface area (Å²) < 4.78 is 6.30. The van der Waals surface area contributed by atoms with E-state index in [9.17, 15) is 9.59 Å². The number of carbonyl (C=O) groups excluding carboxylic acids is 2. The highest BCUT2D eigenvalue weighted by atomic mass is 35.5. The van der Waals surface area contributed by atoms with Crippen LogP contribution in [0.25, 0.3) is 10.2 Å². The van der Waals surface area contributed by atoms with Crippen LogP contribution in [0.2, 0.25) is 9.36 Å². The molecule has 0 aliphatic heterocycles. The molecule has 0 saturated heterocycles. The van der Waals surface area contributed by atoms with Crippen LogP contribution in [-0.4, -0.2) is 36.6 Å².